The van der Waals surface area contributed by atoms with Crippen molar-refractivity contribution in [3.05, 3.63) is 28.3 Å². The Morgan fingerprint density at radius 2 is 2.41 bits per heavy atom. The van der Waals surface area contributed by atoms with Crippen molar-refractivity contribution < 1.29 is 9.32 Å². The summed E-state index contributed by atoms with van der Waals surface area (Å²) in [5.74, 6) is 1.46. The molecule has 2 aromatic rings. The van der Waals surface area contributed by atoms with Crippen molar-refractivity contribution in [3.63, 3.8) is 0 Å². The first-order valence-electron chi connectivity index (χ1n) is 7.72. The second-order valence-corrected chi connectivity index (χ2v) is 6.48. The van der Waals surface area contributed by atoms with E-state index in [1.54, 1.807) is 18.3 Å². The number of hydrogen-bond acceptors (Lipinski definition) is 6. The molecular formula is C15H20N4O2S. The fourth-order valence-electron chi connectivity index (χ4n) is 2.86. The maximum Gasteiger partial charge on any atom is 0.226 e. The zero-order chi connectivity index (χ0) is 15.4. The molecule has 1 aliphatic heterocycles. The van der Waals surface area contributed by atoms with Crippen molar-refractivity contribution in [2.24, 2.45) is 0 Å². The molecule has 1 saturated heterocycles. The summed E-state index contributed by atoms with van der Waals surface area (Å²) in [7, 11) is 0. The van der Waals surface area contributed by atoms with E-state index < -0.39 is 0 Å². The molecular weight excluding hydrogens is 300 g/mol. The quantitative estimate of drug-likeness (QED) is 0.847. The van der Waals surface area contributed by atoms with Crippen molar-refractivity contribution in [3.8, 4) is 0 Å². The second-order valence-electron chi connectivity index (χ2n) is 5.56. The van der Waals surface area contributed by atoms with Crippen LogP contribution in [-0.2, 0) is 11.2 Å². The highest BCUT2D eigenvalue weighted by atomic mass is 32.1. The highest BCUT2D eigenvalue weighted by molar-refractivity contribution is 7.09. The van der Waals surface area contributed by atoms with E-state index in [0.717, 1.165) is 37.2 Å². The molecule has 1 amide bonds. The molecule has 2 aromatic heterocycles. The van der Waals surface area contributed by atoms with Crippen molar-refractivity contribution in [1.29, 1.82) is 0 Å². The van der Waals surface area contributed by atoms with Gasteiger partial charge in [-0.1, -0.05) is 5.16 Å². The number of carbonyl (C=O) groups is 1. The summed E-state index contributed by atoms with van der Waals surface area (Å²) in [6.45, 7) is 2.63. The number of hydrogen-bond donors (Lipinski definition) is 0. The van der Waals surface area contributed by atoms with Crippen molar-refractivity contribution >= 4 is 17.2 Å². The maximum atomic E-state index is 12.5. The Balaban J connectivity index is 1.55. The van der Waals surface area contributed by atoms with Gasteiger partial charge in [-0.3, -0.25) is 4.79 Å². The van der Waals surface area contributed by atoms with Gasteiger partial charge in [-0.15, -0.1) is 11.3 Å². The summed E-state index contributed by atoms with van der Waals surface area (Å²) in [5.41, 5.74) is 0. The first kappa shape index (κ1) is 15.1. The van der Waals surface area contributed by atoms with E-state index in [-0.39, 0.29) is 11.9 Å². The summed E-state index contributed by atoms with van der Waals surface area (Å²) in [6.07, 6.45) is 6.98. The maximum absolute atomic E-state index is 12.5. The summed E-state index contributed by atoms with van der Waals surface area (Å²) < 4.78 is 5.08. The lowest BCUT2D eigenvalue weighted by atomic mass is 10.0. The molecule has 0 aliphatic carbocycles. The van der Waals surface area contributed by atoms with E-state index in [4.69, 9.17) is 4.52 Å². The van der Waals surface area contributed by atoms with Gasteiger partial charge >= 0.3 is 0 Å². The summed E-state index contributed by atoms with van der Waals surface area (Å²) in [6, 6.07) is 0.159. The van der Waals surface area contributed by atoms with Gasteiger partial charge in [0, 0.05) is 31.0 Å². The molecule has 0 spiro atoms. The number of rotatable bonds is 5. The summed E-state index contributed by atoms with van der Waals surface area (Å²) >= 11 is 1.64. The highest BCUT2D eigenvalue weighted by Crippen LogP contribution is 2.32. The van der Waals surface area contributed by atoms with E-state index in [2.05, 4.69) is 15.1 Å². The molecule has 0 bridgehead atoms. The van der Waals surface area contributed by atoms with Gasteiger partial charge in [0.2, 0.25) is 11.8 Å². The highest BCUT2D eigenvalue weighted by Gasteiger charge is 2.29. The van der Waals surface area contributed by atoms with E-state index in [1.807, 2.05) is 16.5 Å². The molecule has 22 heavy (non-hydrogen) atoms. The number of piperidine rings is 1. The third-order valence-electron chi connectivity index (χ3n) is 3.91. The first-order chi connectivity index (χ1) is 10.7. The Kier molecular flexibility index (Phi) is 4.82. The van der Waals surface area contributed by atoms with Crippen LogP contribution >= 0.6 is 11.3 Å². The molecule has 6 nitrogen and oxygen atoms in total. The van der Waals surface area contributed by atoms with Crippen LogP contribution in [-0.4, -0.2) is 32.5 Å². The Hall–Kier alpha value is -1.76. The normalized spacial score (nSPS) is 18.6. The smallest absolute Gasteiger partial charge is 0.226 e. The molecule has 1 fully saturated rings. The third kappa shape index (κ3) is 3.52. The molecule has 0 N–H and O–H groups in total. The zero-order valence-electron chi connectivity index (χ0n) is 12.7. The summed E-state index contributed by atoms with van der Waals surface area (Å²) in [4.78, 5) is 23.1. The minimum absolute atomic E-state index is 0.159. The van der Waals surface area contributed by atoms with Gasteiger partial charge in [0.15, 0.2) is 5.82 Å². The molecule has 0 radical (unpaired) electrons. The number of likely N-dealkylation sites (tertiary alicyclic amines) is 1. The predicted molar refractivity (Wildman–Crippen MR) is 82.4 cm³/mol. The largest absolute Gasteiger partial charge is 0.339 e. The Morgan fingerprint density at radius 3 is 3.14 bits per heavy atom. The molecule has 3 rings (SSSR count). The lowest BCUT2D eigenvalue weighted by molar-refractivity contribution is -0.135. The van der Waals surface area contributed by atoms with Crippen LogP contribution < -0.4 is 0 Å². The van der Waals surface area contributed by atoms with E-state index >= 15 is 0 Å². The Morgan fingerprint density at radius 1 is 1.50 bits per heavy atom. The van der Waals surface area contributed by atoms with Crippen LogP contribution in [0.25, 0.3) is 0 Å². The lowest BCUT2D eigenvalue weighted by Gasteiger charge is -2.34. The number of thiazole rings is 1. The van der Waals surface area contributed by atoms with Crippen LogP contribution in [0.2, 0.25) is 0 Å². The van der Waals surface area contributed by atoms with Crippen LogP contribution in [0.1, 0.15) is 54.9 Å². The minimum atomic E-state index is 0.159. The number of nitrogens with zero attached hydrogens (tertiary/aromatic N) is 4. The number of aryl methyl sites for hydroxylation is 2. The lowest BCUT2D eigenvalue weighted by Crippen LogP contribution is -2.38. The number of aromatic nitrogens is 3. The zero-order valence-corrected chi connectivity index (χ0v) is 13.5. The third-order valence-corrected chi connectivity index (χ3v) is 4.79. The van der Waals surface area contributed by atoms with Gasteiger partial charge in [0.25, 0.3) is 0 Å². The van der Waals surface area contributed by atoms with E-state index in [1.165, 1.54) is 0 Å². The monoisotopic (exact) mass is 320 g/mol. The average molecular weight is 320 g/mol. The SMILES string of the molecule is Cc1noc(CCCC(=O)N2CCCC[C@@H]2c2nccs2)n1. The fraction of sp³-hybridized carbons (Fsp3) is 0.600. The fourth-order valence-corrected chi connectivity index (χ4v) is 3.65. The molecule has 118 valence electrons. The van der Waals surface area contributed by atoms with E-state index in [9.17, 15) is 4.79 Å². The predicted octanol–water partition coefficient (Wildman–Crippen LogP) is 2.91. The van der Waals surface area contributed by atoms with Crippen LogP contribution in [0.3, 0.4) is 0 Å². The van der Waals surface area contributed by atoms with Crippen LogP contribution in [0.5, 0.6) is 0 Å². The molecule has 1 aliphatic rings. The molecule has 0 aromatic carbocycles. The van der Waals surface area contributed by atoms with Gasteiger partial charge in [-0.2, -0.15) is 4.98 Å². The van der Waals surface area contributed by atoms with Crippen molar-refractivity contribution in [1.82, 2.24) is 20.0 Å². The summed E-state index contributed by atoms with van der Waals surface area (Å²) in [5, 5.41) is 6.79. The van der Waals surface area contributed by atoms with Crippen LogP contribution in [0.4, 0.5) is 0 Å². The Labute approximate surface area is 133 Å². The molecule has 1 atom stereocenters. The second kappa shape index (κ2) is 7.00. The van der Waals surface area contributed by atoms with Crippen LogP contribution in [0.15, 0.2) is 16.1 Å². The van der Waals surface area contributed by atoms with Crippen molar-refractivity contribution in [2.45, 2.75) is 51.5 Å². The minimum Gasteiger partial charge on any atom is -0.339 e. The standard InChI is InChI=1S/C15H20N4O2S/c1-11-17-13(21-18-11)6-4-7-14(20)19-9-3-2-5-12(19)15-16-8-10-22-15/h8,10,12H,2-7,9H2,1H3/t12-/m1/s1. The van der Waals surface area contributed by atoms with E-state index in [0.29, 0.717) is 24.6 Å². The first-order valence-corrected chi connectivity index (χ1v) is 8.60. The van der Waals surface area contributed by atoms with Gasteiger partial charge in [0.05, 0.1) is 6.04 Å². The van der Waals surface area contributed by atoms with Gasteiger partial charge in [0.1, 0.15) is 5.01 Å². The number of amides is 1. The molecule has 0 saturated carbocycles. The van der Waals surface area contributed by atoms with Crippen LogP contribution in [0, 0.1) is 6.92 Å². The molecule has 7 heteroatoms. The topological polar surface area (TPSA) is 72.1 Å². The van der Waals surface area contributed by atoms with Gasteiger partial charge < -0.3 is 9.42 Å². The van der Waals surface area contributed by atoms with Crippen molar-refractivity contribution in [2.75, 3.05) is 6.54 Å². The Bertz CT molecular complexity index is 611. The number of carbonyl (C=O) groups excluding carboxylic acids is 1. The average Bonchev–Trinajstić information content (AvgIpc) is 3.19. The molecule has 0 unspecified atom stereocenters. The molecule has 3 heterocycles. The van der Waals surface area contributed by atoms with Gasteiger partial charge in [-0.05, 0) is 32.6 Å². The van der Waals surface area contributed by atoms with Gasteiger partial charge in [-0.25, -0.2) is 4.98 Å².